The summed E-state index contributed by atoms with van der Waals surface area (Å²) in [6, 6.07) is 4.94. The summed E-state index contributed by atoms with van der Waals surface area (Å²) < 4.78 is 28.0. The van der Waals surface area contributed by atoms with Crippen molar-refractivity contribution in [2.45, 2.75) is 52.3 Å². The lowest BCUT2D eigenvalue weighted by molar-refractivity contribution is 0.0254. The molecule has 0 radical (unpaired) electrons. The lowest BCUT2D eigenvalue weighted by Gasteiger charge is -2.23. The van der Waals surface area contributed by atoms with E-state index >= 15 is 0 Å². The normalized spacial score (nSPS) is 16.7. The minimum absolute atomic E-state index is 0. The standard InChI is InChI=1S/C21H26FN3O3.ClH/c1-3-4-9-24-13-25-19(14(2)23-20(25)21(24)26)17-6-5-16(12-18(17)22)28-15-7-10-27-11-8-15;/h5-6,12,15H,3-4,7-11,13H2,1-2H3;1H. The number of carbonyl (C=O) groups is 1. The second-order valence-corrected chi connectivity index (χ2v) is 7.43. The van der Waals surface area contributed by atoms with Crippen molar-refractivity contribution in [1.82, 2.24) is 14.5 Å². The number of fused-ring (bicyclic) bond motifs is 1. The topological polar surface area (TPSA) is 56.6 Å². The highest BCUT2D eigenvalue weighted by Gasteiger charge is 2.33. The van der Waals surface area contributed by atoms with Gasteiger partial charge in [0.1, 0.15) is 17.7 Å². The van der Waals surface area contributed by atoms with E-state index in [2.05, 4.69) is 11.9 Å². The van der Waals surface area contributed by atoms with Gasteiger partial charge < -0.3 is 18.9 Å². The minimum atomic E-state index is -0.366. The first-order valence-electron chi connectivity index (χ1n) is 9.99. The molecule has 0 saturated carbocycles. The Labute approximate surface area is 176 Å². The number of rotatable bonds is 6. The molecule has 158 valence electrons. The molecule has 0 atom stereocenters. The van der Waals surface area contributed by atoms with Crippen LogP contribution in [0.5, 0.6) is 5.75 Å². The van der Waals surface area contributed by atoms with E-state index in [1.165, 1.54) is 6.07 Å². The van der Waals surface area contributed by atoms with Gasteiger partial charge in [-0.05, 0) is 25.5 Å². The van der Waals surface area contributed by atoms with E-state index < -0.39 is 0 Å². The molecule has 3 heterocycles. The van der Waals surface area contributed by atoms with Crippen LogP contribution < -0.4 is 4.74 Å². The molecule has 0 aliphatic carbocycles. The zero-order valence-electron chi connectivity index (χ0n) is 16.8. The maximum absolute atomic E-state index is 15.0. The summed E-state index contributed by atoms with van der Waals surface area (Å²) in [5, 5.41) is 0. The fourth-order valence-electron chi connectivity index (χ4n) is 3.86. The highest BCUT2D eigenvalue weighted by atomic mass is 35.5. The van der Waals surface area contributed by atoms with Crippen LogP contribution in [0.4, 0.5) is 4.39 Å². The number of amides is 1. The van der Waals surface area contributed by atoms with Crippen molar-refractivity contribution in [3.8, 4) is 17.0 Å². The SMILES string of the molecule is CCCCN1Cn2c(nc(C)c2-c2ccc(OC3CCOCC3)cc2F)C1=O.Cl. The Balaban J connectivity index is 0.00000240. The monoisotopic (exact) mass is 423 g/mol. The fraction of sp³-hybridized carbons (Fsp3) is 0.524. The number of aryl methyl sites for hydroxylation is 1. The molecule has 2 aromatic rings. The average molecular weight is 424 g/mol. The van der Waals surface area contributed by atoms with E-state index in [-0.39, 0.29) is 30.2 Å². The summed E-state index contributed by atoms with van der Waals surface area (Å²) in [5.41, 5.74) is 1.77. The molecule has 1 aromatic heterocycles. The van der Waals surface area contributed by atoms with Crippen molar-refractivity contribution in [1.29, 1.82) is 0 Å². The molecule has 0 spiro atoms. The number of ether oxygens (including phenoxy) is 2. The van der Waals surface area contributed by atoms with E-state index in [1.54, 1.807) is 17.0 Å². The molecule has 1 aromatic carbocycles. The molecule has 1 saturated heterocycles. The predicted octanol–water partition coefficient (Wildman–Crippen LogP) is 4.19. The van der Waals surface area contributed by atoms with E-state index in [4.69, 9.17) is 9.47 Å². The third kappa shape index (κ3) is 4.26. The van der Waals surface area contributed by atoms with Gasteiger partial charge in [-0.25, -0.2) is 9.37 Å². The Morgan fingerprint density at radius 1 is 1.31 bits per heavy atom. The van der Waals surface area contributed by atoms with E-state index in [0.29, 0.717) is 55.0 Å². The molecular formula is C21H27ClFN3O3. The minimum Gasteiger partial charge on any atom is -0.490 e. The van der Waals surface area contributed by atoms with Gasteiger partial charge in [-0.15, -0.1) is 12.4 Å². The van der Waals surface area contributed by atoms with Gasteiger partial charge in [-0.2, -0.15) is 0 Å². The third-order valence-electron chi connectivity index (χ3n) is 5.38. The van der Waals surface area contributed by atoms with Crippen molar-refractivity contribution >= 4 is 18.3 Å². The lowest BCUT2D eigenvalue weighted by Crippen LogP contribution is -2.26. The average Bonchev–Trinajstić information content (AvgIpc) is 3.16. The van der Waals surface area contributed by atoms with Gasteiger partial charge in [-0.1, -0.05) is 13.3 Å². The quantitative estimate of drug-likeness (QED) is 0.699. The van der Waals surface area contributed by atoms with Gasteiger partial charge in [0.2, 0.25) is 5.82 Å². The fourth-order valence-corrected chi connectivity index (χ4v) is 3.86. The predicted molar refractivity (Wildman–Crippen MR) is 110 cm³/mol. The number of benzene rings is 1. The molecule has 0 bridgehead atoms. The molecule has 2 aliphatic rings. The molecule has 1 fully saturated rings. The first-order chi connectivity index (χ1) is 13.6. The summed E-state index contributed by atoms with van der Waals surface area (Å²) >= 11 is 0. The summed E-state index contributed by atoms with van der Waals surface area (Å²) in [6.07, 6.45) is 3.64. The Kier molecular flexibility index (Phi) is 6.80. The number of imidazole rings is 1. The number of carbonyl (C=O) groups excluding carboxylic acids is 1. The number of nitrogens with zero attached hydrogens (tertiary/aromatic N) is 3. The number of aromatic nitrogens is 2. The van der Waals surface area contributed by atoms with Crippen LogP contribution in [-0.2, 0) is 11.4 Å². The van der Waals surface area contributed by atoms with Crippen molar-refractivity contribution < 1.29 is 18.7 Å². The van der Waals surface area contributed by atoms with Crippen LogP contribution >= 0.6 is 12.4 Å². The summed E-state index contributed by atoms with van der Waals surface area (Å²) in [4.78, 5) is 18.8. The highest BCUT2D eigenvalue weighted by molar-refractivity contribution is 5.94. The van der Waals surface area contributed by atoms with Crippen LogP contribution in [0.15, 0.2) is 18.2 Å². The first kappa shape index (κ1) is 21.6. The third-order valence-corrected chi connectivity index (χ3v) is 5.38. The van der Waals surface area contributed by atoms with Gasteiger partial charge in [0.05, 0.1) is 31.3 Å². The second-order valence-electron chi connectivity index (χ2n) is 7.43. The lowest BCUT2D eigenvalue weighted by atomic mass is 10.1. The van der Waals surface area contributed by atoms with Crippen molar-refractivity contribution in [3.63, 3.8) is 0 Å². The molecule has 0 N–H and O–H groups in total. The zero-order valence-corrected chi connectivity index (χ0v) is 17.6. The van der Waals surface area contributed by atoms with E-state index in [9.17, 15) is 9.18 Å². The summed E-state index contributed by atoms with van der Waals surface area (Å²) in [5.74, 6) is 0.468. The number of halogens is 2. The molecule has 4 rings (SSSR count). The summed E-state index contributed by atoms with van der Waals surface area (Å²) in [6.45, 7) is 6.37. The van der Waals surface area contributed by atoms with Gasteiger partial charge in [0.15, 0.2) is 0 Å². The molecule has 8 heteroatoms. The summed E-state index contributed by atoms with van der Waals surface area (Å²) in [7, 11) is 0. The van der Waals surface area contributed by atoms with Crippen molar-refractivity contribution in [2.75, 3.05) is 19.8 Å². The highest BCUT2D eigenvalue weighted by Crippen LogP contribution is 2.33. The van der Waals surface area contributed by atoms with E-state index in [0.717, 1.165) is 25.7 Å². The molecule has 1 amide bonds. The molecular weight excluding hydrogens is 397 g/mol. The van der Waals surface area contributed by atoms with Crippen LogP contribution in [-0.4, -0.2) is 46.2 Å². The maximum atomic E-state index is 15.0. The number of unbranched alkanes of at least 4 members (excludes halogenated alkanes) is 1. The molecule has 0 unspecified atom stereocenters. The Bertz CT molecular complexity index is 880. The first-order valence-corrected chi connectivity index (χ1v) is 9.99. The largest absolute Gasteiger partial charge is 0.490 e. The molecule has 29 heavy (non-hydrogen) atoms. The number of hydrogen-bond acceptors (Lipinski definition) is 4. The van der Waals surface area contributed by atoms with Crippen molar-refractivity contribution in [3.05, 3.63) is 35.5 Å². The van der Waals surface area contributed by atoms with Crippen LogP contribution in [0.2, 0.25) is 0 Å². The second kappa shape index (κ2) is 9.13. The van der Waals surface area contributed by atoms with Gasteiger partial charge in [-0.3, -0.25) is 4.79 Å². The van der Waals surface area contributed by atoms with Crippen LogP contribution in [0.25, 0.3) is 11.3 Å². The van der Waals surface area contributed by atoms with Gasteiger partial charge in [0.25, 0.3) is 5.91 Å². The van der Waals surface area contributed by atoms with Crippen LogP contribution in [0.1, 0.15) is 48.9 Å². The van der Waals surface area contributed by atoms with Gasteiger partial charge >= 0.3 is 0 Å². The van der Waals surface area contributed by atoms with Crippen LogP contribution in [0.3, 0.4) is 0 Å². The van der Waals surface area contributed by atoms with Crippen LogP contribution in [0, 0.1) is 12.7 Å². The van der Waals surface area contributed by atoms with E-state index in [1.807, 2.05) is 11.5 Å². The smallest absolute Gasteiger partial charge is 0.291 e. The molecule has 6 nitrogen and oxygen atoms in total. The number of hydrogen-bond donors (Lipinski definition) is 0. The maximum Gasteiger partial charge on any atom is 0.291 e. The molecule has 2 aliphatic heterocycles. The van der Waals surface area contributed by atoms with Crippen molar-refractivity contribution in [2.24, 2.45) is 0 Å². The Morgan fingerprint density at radius 3 is 2.76 bits per heavy atom. The Hall–Kier alpha value is -2.12. The Morgan fingerprint density at radius 2 is 2.07 bits per heavy atom. The zero-order chi connectivity index (χ0) is 19.7. The van der Waals surface area contributed by atoms with Gasteiger partial charge in [0, 0.05) is 31.0 Å².